The Kier molecular flexibility index (Phi) is 5.83. The van der Waals surface area contributed by atoms with Gasteiger partial charge >= 0.3 is 0 Å². The van der Waals surface area contributed by atoms with Crippen molar-refractivity contribution in [1.29, 1.82) is 0 Å². The zero-order chi connectivity index (χ0) is 11.1. The first-order valence-electron chi connectivity index (χ1n) is 5.71. The van der Waals surface area contributed by atoms with Gasteiger partial charge in [-0.05, 0) is 19.4 Å². The van der Waals surface area contributed by atoms with Crippen LogP contribution >= 0.6 is 0 Å². The molecule has 1 saturated heterocycles. The molecule has 1 fully saturated rings. The van der Waals surface area contributed by atoms with Crippen LogP contribution in [0.25, 0.3) is 0 Å². The molecule has 88 valence electrons. The molecular formula is C11H21NO3. The Morgan fingerprint density at radius 1 is 1.53 bits per heavy atom. The Morgan fingerprint density at radius 2 is 2.33 bits per heavy atom. The van der Waals surface area contributed by atoms with Crippen molar-refractivity contribution in [1.82, 2.24) is 4.90 Å². The number of ether oxygens (including phenoxy) is 1. The molecule has 1 atom stereocenters. The zero-order valence-electron chi connectivity index (χ0n) is 9.45. The predicted molar refractivity (Wildman–Crippen MR) is 57.7 cm³/mol. The van der Waals surface area contributed by atoms with Gasteiger partial charge < -0.3 is 9.84 Å². The third-order valence-corrected chi connectivity index (χ3v) is 2.72. The molecule has 0 aliphatic carbocycles. The monoisotopic (exact) mass is 215 g/mol. The van der Waals surface area contributed by atoms with E-state index in [-0.39, 0.29) is 18.3 Å². The summed E-state index contributed by atoms with van der Waals surface area (Å²) in [5, 5.41) is 8.86. The highest BCUT2D eigenvalue weighted by atomic mass is 16.5. The van der Waals surface area contributed by atoms with Gasteiger partial charge in [0.2, 0.25) is 0 Å². The molecule has 4 heteroatoms. The normalized spacial score (nSPS) is 21.1. The van der Waals surface area contributed by atoms with Crippen molar-refractivity contribution >= 4 is 5.78 Å². The Balaban J connectivity index is 2.31. The van der Waals surface area contributed by atoms with Gasteiger partial charge in [0.05, 0.1) is 19.8 Å². The number of aliphatic hydroxyl groups is 1. The first-order valence-corrected chi connectivity index (χ1v) is 5.71. The molecule has 0 amide bonds. The van der Waals surface area contributed by atoms with Crippen LogP contribution in [0.3, 0.4) is 0 Å². The minimum Gasteiger partial charge on any atom is -0.395 e. The number of carbonyl (C=O) groups excluding carboxylic acids is 1. The number of hydrogen-bond donors (Lipinski definition) is 1. The maximum atomic E-state index is 11.8. The highest BCUT2D eigenvalue weighted by Gasteiger charge is 2.24. The number of hydrogen-bond acceptors (Lipinski definition) is 4. The van der Waals surface area contributed by atoms with Crippen molar-refractivity contribution in [2.75, 3.05) is 39.5 Å². The van der Waals surface area contributed by atoms with E-state index in [0.29, 0.717) is 26.3 Å². The molecule has 0 spiro atoms. The summed E-state index contributed by atoms with van der Waals surface area (Å²) in [4.78, 5) is 13.8. The van der Waals surface area contributed by atoms with E-state index in [1.54, 1.807) is 0 Å². The Bertz CT molecular complexity index is 184. The second kappa shape index (κ2) is 6.93. The average Bonchev–Trinajstić information content (AvgIpc) is 2.71. The average molecular weight is 215 g/mol. The molecule has 1 heterocycles. The van der Waals surface area contributed by atoms with Crippen molar-refractivity contribution in [3.63, 3.8) is 0 Å². The molecule has 1 rings (SSSR count). The Morgan fingerprint density at radius 3 is 2.87 bits per heavy atom. The van der Waals surface area contributed by atoms with E-state index in [0.717, 1.165) is 19.4 Å². The van der Waals surface area contributed by atoms with Crippen molar-refractivity contribution in [2.45, 2.75) is 19.8 Å². The van der Waals surface area contributed by atoms with E-state index >= 15 is 0 Å². The van der Waals surface area contributed by atoms with Crippen molar-refractivity contribution in [2.24, 2.45) is 5.92 Å². The molecular weight excluding hydrogens is 194 g/mol. The van der Waals surface area contributed by atoms with Crippen LogP contribution in [0.1, 0.15) is 19.8 Å². The molecule has 1 N–H and O–H groups in total. The van der Waals surface area contributed by atoms with E-state index < -0.39 is 0 Å². The zero-order valence-corrected chi connectivity index (χ0v) is 9.45. The fourth-order valence-electron chi connectivity index (χ4n) is 1.87. The van der Waals surface area contributed by atoms with E-state index in [1.807, 2.05) is 4.90 Å². The fourth-order valence-corrected chi connectivity index (χ4v) is 1.87. The highest BCUT2D eigenvalue weighted by molar-refractivity contribution is 5.83. The van der Waals surface area contributed by atoms with E-state index in [2.05, 4.69) is 6.92 Å². The molecule has 1 aliphatic heterocycles. The van der Waals surface area contributed by atoms with E-state index in [1.165, 1.54) is 0 Å². The second-order valence-electron chi connectivity index (χ2n) is 4.03. The number of ketones is 1. The van der Waals surface area contributed by atoms with Crippen LogP contribution in [-0.2, 0) is 9.53 Å². The number of nitrogens with zero attached hydrogens (tertiary/aromatic N) is 1. The maximum Gasteiger partial charge on any atom is 0.152 e. The summed E-state index contributed by atoms with van der Waals surface area (Å²) >= 11 is 0. The smallest absolute Gasteiger partial charge is 0.152 e. The van der Waals surface area contributed by atoms with E-state index in [4.69, 9.17) is 9.84 Å². The molecule has 0 aromatic carbocycles. The molecule has 0 bridgehead atoms. The highest BCUT2D eigenvalue weighted by Crippen LogP contribution is 2.13. The molecule has 1 aliphatic rings. The predicted octanol–water partition coefficient (Wildman–Crippen LogP) is 0.296. The van der Waals surface area contributed by atoms with Crippen LogP contribution in [0.2, 0.25) is 0 Å². The van der Waals surface area contributed by atoms with Gasteiger partial charge in [0.25, 0.3) is 0 Å². The maximum absolute atomic E-state index is 11.8. The summed E-state index contributed by atoms with van der Waals surface area (Å²) in [6.45, 7) is 5.42. The van der Waals surface area contributed by atoms with Gasteiger partial charge in [-0.1, -0.05) is 6.92 Å². The number of carbonyl (C=O) groups is 1. The summed E-state index contributed by atoms with van der Waals surface area (Å²) < 4.78 is 5.19. The number of aliphatic hydroxyl groups excluding tert-OH is 1. The Hall–Kier alpha value is -0.450. The second-order valence-corrected chi connectivity index (χ2v) is 4.03. The lowest BCUT2D eigenvalue weighted by Crippen LogP contribution is -2.35. The quantitative estimate of drug-likeness (QED) is 0.663. The van der Waals surface area contributed by atoms with Crippen LogP contribution in [0.5, 0.6) is 0 Å². The Labute approximate surface area is 91.2 Å². The summed E-state index contributed by atoms with van der Waals surface area (Å²) in [5.74, 6) is 0.345. The molecule has 0 saturated carbocycles. The standard InChI is InChI=1S/C11H21NO3/c1-2-4-12(5-6-13)8-11(14)10-3-7-15-9-10/h10,13H,2-9H2,1H3. The lowest BCUT2D eigenvalue weighted by atomic mass is 10.0. The summed E-state index contributed by atoms with van der Waals surface area (Å²) in [6.07, 6.45) is 1.87. The van der Waals surface area contributed by atoms with Gasteiger partial charge in [-0.2, -0.15) is 0 Å². The minimum absolute atomic E-state index is 0.0862. The van der Waals surface area contributed by atoms with Crippen molar-refractivity contribution in [3.05, 3.63) is 0 Å². The van der Waals surface area contributed by atoms with Crippen molar-refractivity contribution in [3.8, 4) is 0 Å². The third-order valence-electron chi connectivity index (χ3n) is 2.72. The molecule has 15 heavy (non-hydrogen) atoms. The summed E-state index contributed by atoms with van der Waals surface area (Å²) in [6, 6.07) is 0. The first-order chi connectivity index (χ1) is 7.27. The van der Waals surface area contributed by atoms with Crippen LogP contribution in [0.4, 0.5) is 0 Å². The van der Waals surface area contributed by atoms with Crippen LogP contribution in [0, 0.1) is 5.92 Å². The lowest BCUT2D eigenvalue weighted by Gasteiger charge is -2.20. The fraction of sp³-hybridized carbons (Fsp3) is 0.909. The van der Waals surface area contributed by atoms with Gasteiger partial charge in [0, 0.05) is 19.1 Å². The molecule has 0 radical (unpaired) electrons. The molecule has 1 unspecified atom stereocenters. The first kappa shape index (κ1) is 12.6. The minimum atomic E-state index is 0.0862. The lowest BCUT2D eigenvalue weighted by molar-refractivity contribution is -0.124. The molecule has 0 aromatic heterocycles. The van der Waals surface area contributed by atoms with Gasteiger partial charge in [0.15, 0.2) is 5.78 Å². The molecule has 4 nitrogen and oxygen atoms in total. The van der Waals surface area contributed by atoms with Crippen LogP contribution in [-0.4, -0.2) is 55.2 Å². The molecule has 0 aromatic rings. The van der Waals surface area contributed by atoms with Gasteiger partial charge in [-0.3, -0.25) is 9.69 Å². The topological polar surface area (TPSA) is 49.8 Å². The SMILES string of the molecule is CCCN(CCO)CC(=O)C1CCOC1. The van der Waals surface area contributed by atoms with Crippen molar-refractivity contribution < 1.29 is 14.6 Å². The van der Waals surface area contributed by atoms with E-state index in [9.17, 15) is 4.79 Å². The summed E-state index contributed by atoms with van der Waals surface area (Å²) in [7, 11) is 0. The van der Waals surface area contributed by atoms with Crippen LogP contribution in [0.15, 0.2) is 0 Å². The van der Waals surface area contributed by atoms with Gasteiger partial charge in [-0.25, -0.2) is 0 Å². The number of rotatable bonds is 7. The largest absolute Gasteiger partial charge is 0.395 e. The number of Topliss-reactive ketones (excluding diaryl/α,β-unsaturated/α-hetero) is 1. The third kappa shape index (κ3) is 4.28. The van der Waals surface area contributed by atoms with Crippen LogP contribution < -0.4 is 0 Å². The summed E-state index contributed by atoms with van der Waals surface area (Å²) in [5.41, 5.74) is 0. The van der Waals surface area contributed by atoms with Gasteiger partial charge in [0.1, 0.15) is 0 Å². The van der Waals surface area contributed by atoms with Gasteiger partial charge in [-0.15, -0.1) is 0 Å².